The summed E-state index contributed by atoms with van der Waals surface area (Å²) in [6.07, 6.45) is 2.48. The van der Waals surface area contributed by atoms with E-state index in [-0.39, 0.29) is 12.6 Å². The monoisotopic (exact) mass is 311 g/mol. The zero-order valence-corrected chi connectivity index (χ0v) is 13.9. The zero-order valence-electron chi connectivity index (χ0n) is 13.0. The lowest BCUT2D eigenvalue weighted by molar-refractivity contribution is 0.220. The average Bonchev–Trinajstić information content (AvgIpc) is 2.46. The van der Waals surface area contributed by atoms with Crippen LogP contribution in [0.4, 0.5) is 0 Å². The third-order valence-electron chi connectivity index (χ3n) is 4.36. The maximum Gasteiger partial charge on any atom is 0.243 e. The molecule has 0 amide bonds. The van der Waals surface area contributed by atoms with Crippen LogP contribution in [0.3, 0.4) is 0 Å². The molecule has 2 atom stereocenters. The molecule has 118 valence electrons. The van der Waals surface area contributed by atoms with Gasteiger partial charge in [0.15, 0.2) is 0 Å². The molecule has 2 rings (SSSR count). The molecule has 21 heavy (non-hydrogen) atoms. The van der Waals surface area contributed by atoms with Crippen LogP contribution < -0.4 is 0 Å². The van der Waals surface area contributed by atoms with Crippen molar-refractivity contribution < 1.29 is 13.5 Å². The zero-order chi connectivity index (χ0) is 15.6. The molecule has 0 aromatic heterocycles. The number of hydrogen-bond donors (Lipinski definition) is 1. The van der Waals surface area contributed by atoms with Crippen LogP contribution in [0.15, 0.2) is 23.1 Å². The lowest BCUT2D eigenvalue weighted by Crippen LogP contribution is -2.44. The van der Waals surface area contributed by atoms with Crippen molar-refractivity contribution >= 4 is 10.0 Å². The van der Waals surface area contributed by atoms with Crippen molar-refractivity contribution in [1.82, 2.24) is 4.31 Å². The molecule has 1 N–H and O–H groups in total. The van der Waals surface area contributed by atoms with Crippen LogP contribution in [0.1, 0.15) is 44.7 Å². The highest BCUT2D eigenvalue weighted by Crippen LogP contribution is 2.30. The fraction of sp³-hybridized carbons (Fsp3) is 0.625. The smallest absolute Gasteiger partial charge is 0.243 e. The lowest BCUT2D eigenvalue weighted by Gasteiger charge is -2.35. The summed E-state index contributed by atoms with van der Waals surface area (Å²) >= 11 is 0. The fourth-order valence-corrected chi connectivity index (χ4v) is 5.10. The minimum atomic E-state index is -3.49. The Bertz CT molecular complexity index is 598. The van der Waals surface area contributed by atoms with Gasteiger partial charge in [-0.15, -0.1) is 0 Å². The van der Waals surface area contributed by atoms with Gasteiger partial charge in [-0.25, -0.2) is 8.42 Å². The number of rotatable bonds is 4. The quantitative estimate of drug-likeness (QED) is 0.929. The molecule has 0 spiro atoms. The van der Waals surface area contributed by atoms with Gasteiger partial charge < -0.3 is 5.11 Å². The molecule has 4 nitrogen and oxygen atoms in total. The molecular formula is C16H25NO3S. The molecule has 1 saturated heterocycles. The summed E-state index contributed by atoms with van der Waals surface area (Å²) in [7, 11) is -3.49. The standard InChI is InChI=1S/C16H25NO3S/c1-4-15-6-5-14(11-18)10-16(15)21(19,20)17-8-7-12(2)9-13(17)3/h5-6,10,12-13,18H,4,7-9,11H2,1-3H3. The third-order valence-corrected chi connectivity index (χ3v) is 6.45. The second-order valence-corrected chi connectivity index (χ2v) is 7.91. The Morgan fingerprint density at radius 2 is 2.05 bits per heavy atom. The van der Waals surface area contributed by atoms with Crippen molar-refractivity contribution in [3.8, 4) is 0 Å². The van der Waals surface area contributed by atoms with Gasteiger partial charge in [-0.05, 0) is 49.3 Å². The van der Waals surface area contributed by atoms with E-state index in [1.54, 1.807) is 16.4 Å². The van der Waals surface area contributed by atoms with Crippen LogP contribution in [0.2, 0.25) is 0 Å². The summed E-state index contributed by atoms with van der Waals surface area (Å²) in [5.74, 6) is 0.570. The van der Waals surface area contributed by atoms with Gasteiger partial charge in [0.2, 0.25) is 10.0 Å². The van der Waals surface area contributed by atoms with E-state index in [9.17, 15) is 13.5 Å². The van der Waals surface area contributed by atoms with Crippen LogP contribution >= 0.6 is 0 Å². The molecule has 1 aromatic rings. The summed E-state index contributed by atoms with van der Waals surface area (Å²) in [6.45, 7) is 6.55. The first-order chi connectivity index (χ1) is 9.90. The number of piperidine rings is 1. The molecular weight excluding hydrogens is 286 g/mol. The molecule has 0 bridgehead atoms. The first kappa shape index (κ1) is 16.5. The maximum absolute atomic E-state index is 13.0. The number of hydrogen-bond acceptors (Lipinski definition) is 3. The third kappa shape index (κ3) is 3.30. The summed E-state index contributed by atoms with van der Waals surface area (Å²) < 4.78 is 27.6. The van der Waals surface area contributed by atoms with Crippen molar-refractivity contribution in [1.29, 1.82) is 0 Å². The Morgan fingerprint density at radius 3 is 2.62 bits per heavy atom. The molecule has 2 unspecified atom stereocenters. The van der Waals surface area contributed by atoms with E-state index in [2.05, 4.69) is 6.92 Å². The van der Waals surface area contributed by atoms with Gasteiger partial charge in [-0.3, -0.25) is 0 Å². The van der Waals surface area contributed by atoms with Crippen LogP contribution in [0, 0.1) is 5.92 Å². The minimum absolute atomic E-state index is 0.0289. The van der Waals surface area contributed by atoms with Gasteiger partial charge in [0.05, 0.1) is 11.5 Å². The van der Waals surface area contributed by atoms with Crippen LogP contribution in [0.25, 0.3) is 0 Å². The second kappa shape index (κ2) is 6.46. The van der Waals surface area contributed by atoms with Crippen molar-refractivity contribution in [2.75, 3.05) is 6.54 Å². The van der Waals surface area contributed by atoms with Gasteiger partial charge in [0.25, 0.3) is 0 Å². The maximum atomic E-state index is 13.0. The highest BCUT2D eigenvalue weighted by molar-refractivity contribution is 7.89. The molecule has 0 aliphatic carbocycles. The Balaban J connectivity index is 2.43. The number of nitrogens with zero attached hydrogens (tertiary/aromatic N) is 1. The second-order valence-electron chi connectivity index (χ2n) is 6.05. The predicted molar refractivity (Wildman–Crippen MR) is 83.5 cm³/mol. The normalized spacial score (nSPS) is 24.2. The Kier molecular flexibility index (Phi) is 5.07. The van der Waals surface area contributed by atoms with E-state index in [1.807, 2.05) is 19.9 Å². The van der Waals surface area contributed by atoms with Gasteiger partial charge in [0.1, 0.15) is 0 Å². The van der Waals surface area contributed by atoms with Crippen molar-refractivity contribution in [2.45, 2.75) is 57.6 Å². The van der Waals surface area contributed by atoms with Gasteiger partial charge in [0, 0.05) is 12.6 Å². The van der Waals surface area contributed by atoms with Crippen LogP contribution in [0.5, 0.6) is 0 Å². The summed E-state index contributed by atoms with van der Waals surface area (Å²) in [4.78, 5) is 0.359. The van der Waals surface area contributed by atoms with Gasteiger partial charge in [-0.1, -0.05) is 26.0 Å². The number of aryl methyl sites for hydroxylation is 1. The van der Waals surface area contributed by atoms with Gasteiger partial charge in [-0.2, -0.15) is 4.31 Å². The largest absolute Gasteiger partial charge is 0.392 e. The number of benzene rings is 1. The van der Waals surface area contributed by atoms with E-state index >= 15 is 0 Å². The van der Waals surface area contributed by atoms with E-state index in [0.717, 1.165) is 18.4 Å². The molecule has 1 fully saturated rings. The molecule has 1 aliphatic heterocycles. The topological polar surface area (TPSA) is 57.6 Å². The molecule has 1 aromatic carbocycles. The summed E-state index contributed by atoms with van der Waals surface area (Å²) in [6, 6.07) is 5.26. The number of aliphatic hydroxyl groups excluding tert-OH is 1. The first-order valence-electron chi connectivity index (χ1n) is 7.64. The molecule has 0 saturated carbocycles. The molecule has 1 heterocycles. The highest BCUT2D eigenvalue weighted by atomic mass is 32.2. The van der Waals surface area contributed by atoms with Crippen molar-refractivity contribution in [3.63, 3.8) is 0 Å². The van der Waals surface area contributed by atoms with Gasteiger partial charge >= 0.3 is 0 Å². The average molecular weight is 311 g/mol. The number of aliphatic hydroxyl groups is 1. The van der Waals surface area contributed by atoms with E-state index < -0.39 is 10.0 Å². The summed E-state index contributed by atoms with van der Waals surface area (Å²) in [5, 5.41) is 9.28. The highest BCUT2D eigenvalue weighted by Gasteiger charge is 2.34. The van der Waals surface area contributed by atoms with Crippen LogP contribution in [-0.2, 0) is 23.1 Å². The molecule has 0 radical (unpaired) electrons. The lowest BCUT2D eigenvalue weighted by atomic mass is 9.95. The van der Waals surface area contributed by atoms with E-state index in [1.165, 1.54) is 0 Å². The minimum Gasteiger partial charge on any atom is -0.392 e. The van der Waals surface area contributed by atoms with Crippen molar-refractivity contribution in [2.24, 2.45) is 5.92 Å². The van der Waals surface area contributed by atoms with Crippen LogP contribution in [-0.4, -0.2) is 30.4 Å². The predicted octanol–water partition coefficient (Wildman–Crippen LogP) is 2.55. The first-order valence-corrected chi connectivity index (χ1v) is 9.08. The Hall–Kier alpha value is -0.910. The Morgan fingerprint density at radius 1 is 1.33 bits per heavy atom. The SMILES string of the molecule is CCc1ccc(CO)cc1S(=O)(=O)N1CCC(C)CC1C. The molecule has 1 aliphatic rings. The fourth-order valence-electron chi connectivity index (χ4n) is 3.10. The number of sulfonamides is 1. The van der Waals surface area contributed by atoms with E-state index in [4.69, 9.17) is 0 Å². The summed E-state index contributed by atoms with van der Waals surface area (Å²) in [5.41, 5.74) is 1.46. The van der Waals surface area contributed by atoms with E-state index in [0.29, 0.717) is 29.3 Å². The molecule has 5 heteroatoms. The van der Waals surface area contributed by atoms with Crippen molar-refractivity contribution in [3.05, 3.63) is 29.3 Å². The Labute approximate surface area is 127 Å².